The summed E-state index contributed by atoms with van der Waals surface area (Å²) in [6, 6.07) is 4.58. The normalized spacial score (nSPS) is 18.8. The van der Waals surface area contributed by atoms with Gasteiger partial charge in [-0.15, -0.1) is 0 Å². The van der Waals surface area contributed by atoms with E-state index in [9.17, 15) is 26.7 Å². The van der Waals surface area contributed by atoms with Gasteiger partial charge in [-0.05, 0) is 43.9 Å². The van der Waals surface area contributed by atoms with E-state index in [1.807, 2.05) is 0 Å². The van der Waals surface area contributed by atoms with Gasteiger partial charge in [0.15, 0.2) is 5.82 Å². The number of carbonyl (C=O) groups is 1. The van der Waals surface area contributed by atoms with Crippen molar-refractivity contribution in [3.05, 3.63) is 51.5 Å². The van der Waals surface area contributed by atoms with Crippen molar-refractivity contribution in [3.8, 4) is 0 Å². The number of benzene rings is 2. The Hall–Kier alpha value is -2.59. The van der Waals surface area contributed by atoms with Crippen LogP contribution in [0, 0.1) is 17.6 Å². The quantitative estimate of drug-likeness (QED) is 0.295. The molecule has 0 bridgehead atoms. The number of hydrogen-bond acceptors (Lipinski definition) is 3. The number of nitrogens with zero attached hydrogens (tertiary/aromatic N) is 2. The first kappa shape index (κ1) is 24.5. The van der Waals surface area contributed by atoms with Gasteiger partial charge >= 0.3 is 6.18 Å². The van der Waals surface area contributed by atoms with E-state index < -0.39 is 35.7 Å². The third-order valence-corrected chi connectivity index (χ3v) is 6.63. The third-order valence-electron chi connectivity index (χ3n) is 6.02. The first-order chi connectivity index (χ1) is 16.0. The molecule has 1 aliphatic carbocycles. The van der Waals surface area contributed by atoms with Gasteiger partial charge in [0.1, 0.15) is 5.82 Å². The van der Waals surface area contributed by atoms with Gasteiger partial charge in [0, 0.05) is 19.2 Å². The van der Waals surface area contributed by atoms with Crippen LogP contribution in [-0.2, 0) is 7.05 Å². The molecule has 2 aromatic carbocycles. The Bertz CT molecular complexity index is 1250. The van der Waals surface area contributed by atoms with Gasteiger partial charge < -0.3 is 15.2 Å². The molecule has 1 fully saturated rings. The number of anilines is 2. The van der Waals surface area contributed by atoms with E-state index in [4.69, 9.17) is 23.2 Å². The Labute approximate surface area is 201 Å². The Kier molecular flexibility index (Phi) is 6.65. The second-order valence-corrected chi connectivity index (χ2v) is 9.04. The summed E-state index contributed by atoms with van der Waals surface area (Å²) in [5.41, 5.74) is 0.166. The summed E-state index contributed by atoms with van der Waals surface area (Å²) in [5, 5.41) is 5.25. The van der Waals surface area contributed by atoms with Crippen LogP contribution in [0.5, 0.6) is 0 Å². The third kappa shape index (κ3) is 4.79. The van der Waals surface area contributed by atoms with Crippen LogP contribution in [0.2, 0.25) is 10.0 Å². The summed E-state index contributed by atoms with van der Waals surface area (Å²) in [7, 11) is 1.56. The topological polar surface area (TPSA) is 59.0 Å². The van der Waals surface area contributed by atoms with Gasteiger partial charge in [-0.2, -0.15) is 13.2 Å². The van der Waals surface area contributed by atoms with Crippen LogP contribution in [-0.4, -0.2) is 27.7 Å². The van der Waals surface area contributed by atoms with Crippen LogP contribution < -0.4 is 10.6 Å². The number of aromatic nitrogens is 2. The van der Waals surface area contributed by atoms with E-state index in [0.717, 1.165) is 6.07 Å². The van der Waals surface area contributed by atoms with Crippen LogP contribution in [0.4, 0.5) is 33.6 Å². The highest BCUT2D eigenvalue weighted by atomic mass is 35.5. The maximum atomic E-state index is 14.8. The van der Waals surface area contributed by atoms with Gasteiger partial charge in [-0.25, -0.2) is 13.8 Å². The molecule has 1 aromatic heterocycles. The molecule has 1 heterocycles. The van der Waals surface area contributed by atoms with E-state index in [2.05, 4.69) is 15.6 Å². The molecule has 0 spiro atoms. The van der Waals surface area contributed by atoms with Gasteiger partial charge in [-0.1, -0.05) is 23.2 Å². The zero-order valence-corrected chi connectivity index (χ0v) is 19.3. The second-order valence-electron chi connectivity index (χ2n) is 8.22. The average molecular weight is 521 g/mol. The molecular formula is C22H19Cl2F5N4O. The molecule has 1 aliphatic rings. The van der Waals surface area contributed by atoms with Gasteiger partial charge in [0.2, 0.25) is 5.95 Å². The minimum absolute atomic E-state index is 0.0560. The Morgan fingerprint density at radius 2 is 1.74 bits per heavy atom. The molecule has 12 heteroatoms. The highest BCUT2D eigenvalue weighted by molar-refractivity contribution is 6.35. The molecule has 182 valence electrons. The van der Waals surface area contributed by atoms with E-state index in [-0.39, 0.29) is 58.4 Å². The lowest BCUT2D eigenvalue weighted by Crippen LogP contribution is -2.40. The Balaban J connectivity index is 1.55. The Morgan fingerprint density at radius 1 is 1.09 bits per heavy atom. The first-order valence-electron chi connectivity index (χ1n) is 10.4. The van der Waals surface area contributed by atoms with Gasteiger partial charge in [-0.3, -0.25) is 4.79 Å². The van der Waals surface area contributed by atoms with Crippen molar-refractivity contribution in [1.29, 1.82) is 0 Å². The van der Waals surface area contributed by atoms with E-state index in [1.54, 1.807) is 7.05 Å². The summed E-state index contributed by atoms with van der Waals surface area (Å²) in [5.74, 6) is -3.60. The monoisotopic (exact) mass is 520 g/mol. The number of imidazole rings is 1. The highest BCUT2D eigenvalue weighted by Crippen LogP contribution is 2.38. The molecule has 34 heavy (non-hydrogen) atoms. The fourth-order valence-corrected chi connectivity index (χ4v) is 4.43. The lowest BCUT2D eigenvalue weighted by Gasteiger charge is -2.30. The molecule has 0 unspecified atom stereocenters. The number of amides is 1. The number of fused-ring (bicyclic) bond motifs is 1. The summed E-state index contributed by atoms with van der Waals surface area (Å²) in [4.78, 5) is 17.0. The number of aryl methyl sites for hydroxylation is 1. The van der Waals surface area contributed by atoms with Crippen LogP contribution in [0.1, 0.15) is 36.0 Å². The standard InChI is InChI=1S/C22H19Cl2F5N4O/c1-33-17-9-15(25)12(20(34)30-11-4-2-10(3-5-11)22(27,28)29)8-16(17)31-21(33)32-19-14(24)7-6-13(23)18(19)26/h6-11H,2-5H2,1H3,(H,30,34)(H,31,32). The van der Waals surface area contributed by atoms with E-state index in [1.165, 1.54) is 22.8 Å². The molecule has 2 N–H and O–H groups in total. The zero-order valence-electron chi connectivity index (χ0n) is 17.7. The van der Waals surface area contributed by atoms with Crippen molar-refractivity contribution in [3.63, 3.8) is 0 Å². The van der Waals surface area contributed by atoms with Crippen molar-refractivity contribution >= 4 is 51.8 Å². The summed E-state index contributed by atoms with van der Waals surface area (Å²) in [6.45, 7) is 0. The molecule has 0 atom stereocenters. The predicted molar refractivity (Wildman–Crippen MR) is 120 cm³/mol. The number of rotatable bonds is 4. The molecule has 0 aliphatic heterocycles. The van der Waals surface area contributed by atoms with Crippen LogP contribution >= 0.6 is 23.2 Å². The fourth-order valence-electron chi connectivity index (χ4n) is 4.08. The molecule has 5 nitrogen and oxygen atoms in total. The van der Waals surface area contributed by atoms with Crippen molar-refractivity contribution < 1.29 is 26.7 Å². The Morgan fingerprint density at radius 3 is 2.38 bits per heavy atom. The van der Waals surface area contributed by atoms with Crippen molar-refractivity contribution in [2.75, 3.05) is 5.32 Å². The van der Waals surface area contributed by atoms with Gasteiger partial charge in [0.05, 0.1) is 38.2 Å². The van der Waals surface area contributed by atoms with Crippen LogP contribution in [0.3, 0.4) is 0 Å². The summed E-state index contributed by atoms with van der Waals surface area (Å²) < 4.78 is 69.2. The lowest BCUT2D eigenvalue weighted by molar-refractivity contribution is -0.182. The number of alkyl halides is 3. The lowest BCUT2D eigenvalue weighted by atomic mass is 9.85. The summed E-state index contributed by atoms with van der Waals surface area (Å²) >= 11 is 11.9. The minimum Gasteiger partial charge on any atom is -0.349 e. The summed E-state index contributed by atoms with van der Waals surface area (Å²) in [6.07, 6.45) is -4.12. The molecule has 4 rings (SSSR count). The zero-order chi connectivity index (χ0) is 24.8. The molecule has 1 amide bonds. The maximum Gasteiger partial charge on any atom is 0.391 e. The van der Waals surface area contributed by atoms with Crippen LogP contribution in [0.15, 0.2) is 24.3 Å². The average Bonchev–Trinajstić information content (AvgIpc) is 3.07. The van der Waals surface area contributed by atoms with Crippen LogP contribution in [0.25, 0.3) is 11.0 Å². The molecule has 0 radical (unpaired) electrons. The smallest absolute Gasteiger partial charge is 0.349 e. The largest absolute Gasteiger partial charge is 0.391 e. The van der Waals surface area contributed by atoms with Crippen molar-refractivity contribution in [2.45, 2.75) is 37.9 Å². The number of carbonyl (C=O) groups excluding carboxylic acids is 1. The van der Waals surface area contributed by atoms with Crippen molar-refractivity contribution in [1.82, 2.24) is 14.9 Å². The van der Waals surface area contributed by atoms with E-state index >= 15 is 0 Å². The highest BCUT2D eigenvalue weighted by Gasteiger charge is 2.41. The molecule has 3 aromatic rings. The predicted octanol–water partition coefficient (Wildman–Crippen LogP) is 6.75. The maximum absolute atomic E-state index is 14.8. The second kappa shape index (κ2) is 9.22. The molecular weight excluding hydrogens is 502 g/mol. The fraction of sp³-hybridized carbons (Fsp3) is 0.364. The number of halogens is 7. The van der Waals surface area contributed by atoms with Gasteiger partial charge in [0.25, 0.3) is 5.91 Å². The number of nitrogens with one attached hydrogen (secondary N) is 2. The first-order valence-corrected chi connectivity index (χ1v) is 11.2. The van der Waals surface area contributed by atoms with E-state index in [0.29, 0.717) is 5.52 Å². The molecule has 0 saturated heterocycles. The van der Waals surface area contributed by atoms with Crippen molar-refractivity contribution in [2.24, 2.45) is 13.0 Å². The minimum atomic E-state index is -4.25. The SMILES string of the molecule is Cn1c(Nc2c(Cl)ccc(Cl)c2F)nc2cc(C(=O)NC3CCC(C(F)(F)F)CC3)c(F)cc21. The molecule has 1 saturated carbocycles. The number of hydrogen-bond donors (Lipinski definition) is 2.